The summed E-state index contributed by atoms with van der Waals surface area (Å²) in [6, 6.07) is 6.71. The standard InChI is InChI=1S/C16H16O4/c1-10-8-11(19-14-5-3-2-4-13(14)17)9-15-12(10)6-7-16(18)20-15/h6-9,14H,2-5H2,1H3. The van der Waals surface area contributed by atoms with Gasteiger partial charge in [0.05, 0.1) is 0 Å². The first-order valence-corrected chi connectivity index (χ1v) is 6.87. The Balaban J connectivity index is 1.95. The number of carbonyl (C=O) groups excluding carboxylic acids is 1. The Bertz CT molecular complexity index is 714. The molecule has 0 bridgehead atoms. The monoisotopic (exact) mass is 272 g/mol. The van der Waals surface area contributed by atoms with Gasteiger partial charge in [-0.05, 0) is 43.9 Å². The van der Waals surface area contributed by atoms with Crippen LogP contribution in [0.15, 0.2) is 33.5 Å². The highest BCUT2D eigenvalue weighted by atomic mass is 16.5. The van der Waals surface area contributed by atoms with E-state index in [9.17, 15) is 9.59 Å². The van der Waals surface area contributed by atoms with Crippen molar-refractivity contribution in [3.63, 3.8) is 0 Å². The molecular formula is C16H16O4. The Kier molecular flexibility index (Phi) is 3.30. The van der Waals surface area contributed by atoms with Crippen LogP contribution in [-0.4, -0.2) is 11.9 Å². The lowest BCUT2D eigenvalue weighted by Gasteiger charge is -2.22. The van der Waals surface area contributed by atoms with Crippen LogP contribution in [0.3, 0.4) is 0 Å². The topological polar surface area (TPSA) is 56.5 Å². The fourth-order valence-corrected chi connectivity index (χ4v) is 2.63. The molecule has 4 heteroatoms. The number of aryl methyl sites for hydroxylation is 1. The SMILES string of the molecule is Cc1cc(OC2CCCCC2=O)cc2oc(=O)ccc12. The molecule has 2 aromatic rings. The highest BCUT2D eigenvalue weighted by molar-refractivity contribution is 5.85. The number of benzene rings is 1. The van der Waals surface area contributed by atoms with Gasteiger partial charge >= 0.3 is 5.63 Å². The molecule has 0 N–H and O–H groups in total. The quantitative estimate of drug-likeness (QED) is 0.789. The average Bonchev–Trinajstić information content (AvgIpc) is 2.41. The maximum atomic E-state index is 11.8. The maximum Gasteiger partial charge on any atom is 0.336 e. The van der Waals surface area contributed by atoms with Crippen LogP contribution in [0.1, 0.15) is 31.2 Å². The molecule has 4 nitrogen and oxygen atoms in total. The van der Waals surface area contributed by atoms with Crippen molar-refractivity contribution in [2.45, 2.75) is 38.7 Å². The van der Waals surface area contributed by atoms with Gasteiger partial charge in [-0.25, -0.2) is 4.79 Å². The third-order valence-corrected chi connectivity index (χ3v) is 3.70. The number of ketones is 1. The van der Waals surface area contributed by atoms with E-state index in [1.807, 2.05) is 13.0 Å². The van der Waals surface area contributed by atoms with Gasteiger partial charge in [0, 0.05) is 23.9 Å². The van der Waals surface area contributed by atoms with Crippen LogP contribution in [0.4, 0.5) is 0 Å². The molecule has 1 aromatic carbocycles. The Morgan fingerprint density at radius 1 is 1.20 bits per heavy atom. The van der Waals surface area contributed by atoms with E-state index in [0.717, 1.165) is 30.2 Å². The third-order valence-electron chi connectivity index (χ3n) is 3.70. The van der Waals surface area contributed by atoms with Gasteiger partial charge in [-0.3, -0.25) is 4.79 Å². The zero-order valence-corrected chi connectivity index (χ0v) is 11.3. The molecule has 1 atom stereocenters. The number of rotatable bonds is 2. The minimum atomic E-state index is -0.386. The maximum absolute atomic E-state index is 11.8. The summed E-state index contributed by atoms with van der Waals surface area (Å²) in [6.07, 6.45) is 2.94. The van der Waals surface area contributed by atoms with Crippen LogP contribution in [-0.2, 0) is 4.79 Å². The summed E-state index contributed by atoms with van der Waals surface area (Å²) in [5.41, 5.74) is 1.07. The van der Waals surface area contributed by atoms with E-state index in [2.05, 4.69) is 0 Å². The van der Waals surface area contributed by atoms with Crippen molar-refractivity contribution in [1.29, 1.82) is 0 Å². The van der Waals surface area contributed by atoms with Crippen molar-refractivity contribution in [3.8, 4) is 5.75 Å². The van der Waals surface area contributed by atoms with Crippen molar-refractivity contribution < 1.29 is 13.9 Å². The summed E-state index contributed by atoms with van der Waals surface area (Å²) in [4.78, 5) is 23.1. The number of fused-ring (bicyclic) bond motifs is 1. The molecule has 0 aliphatic heterocycles. The van der Waals surface area contributed by atoms with Crippen LogP contribution >= 0.6 is 0 Å². The van der Waals surface area contributed by atoms with Crippen molar-refractivity contribution >= 4 is 16.8 Å². The van der Waals surface area contributed by atoms with E-state index in [0.29, 0.717) is 17.8 Å². The van der Waals surface area contributed by atoms with Gasteiger partial charge in [0.1, 0.15) is 11.3 Å². The molecule has 1 heterocycles. The first kappa shape index (κ1) is 12.9. The zero-order valence-electron chi connectivity index (χ0n) is 11.3. The molecule has 0 amide bonds. The number of carbonyl (C=O) groups is 1. The number of hydrogen-bond acceptors (Lipinski definition) is 4. The van der Waals surface area contributed by atoms with Crippen LogP contribution < -0.4 is 10.4 Å². The molecule has 1 aromatic heterocycles. The summed E-state index contributed by atoms with van der Waals surface area (Å²) in [7, 11) is 0. The van der Waals surface area contributed by atoms with Gasteiger partial charge in [-0.1, -0.05) is 0 Å². The van der Waals surface area contributed by atoms with E-state index in [1.54, 1.807) is 12.1 Å². The van der Waals surface area contributed by atoms with Crippen molar-refractivity contribution in [2.24, 2.45) is 0 Å². The van der Waals surface area contributed by atoms with Gasteiger partial charge in [-0.15, -0.1) is 0 Å². The van der Waals surface area contributed by atoms with E-state index in [-0.39, 0.29) is 17.5 Å². The average molecular weight is 272 g/mol. The largest absolute Gasteiger partial charge is 0.483 e. The molecule has 1 fully saturated rings. The second-order valence-corrected chi connectivity index (χ2v) is 5.23. The van der Waals surface area contributed by atoms with E-state index in [4.69, 9.17) is 9.15 Å². The third kappa shape index (κ3) is 2.46. The Hall–Kier alpha value is -2.10. The molecule has 104 valence electrons. The summed E-state index contributed by atoms with van der Waals surface area (Å²) in [6.45, 7) is 1.93. The molecule has 1 unspecified atom stereocenters. The smallest absolute Gasteiger partial charge is 0.336 e. The molecule has 1 aliphatic rings. The predicted molar refractivity (Wildman–Crippen MR) is 75.1 cm³/mol. The molecular weight excluding hydrogens is 256 g/mol. The highest BCUT2D eigenvalue weighted by Gasteiger charge is 2.24. The lowest BCUT2D eigenvalue weighted by atomic mass is 9.96. The lowest BCUT2D eigenvalue weighted by molar-refractivity contribution is -0.127. The van der Waals surface area contributed by atoms with Crippen LogP contribution in [0, 0.1) is 6.92 Å². The predicted octanol–water partition coefficient (Wildman–Crippen LogP) is 2.99. The van der Waals surface area contributed by atoms with Crippen molar-refractivity contribution in [1.82, 2.24) is 0 Å². The highest BCUT2D eigenvalue weighted by Crippen LogP contribution is 2.27. The van der Waals surface area contributed by atoms with Gasteiger partial charge in [-0.2, -0.15) is 0 Å². The lowest BCUT2D eigenvalue weighted by Crippen LogP contribution is -2.30. The molecule has 0 radical (unpaired) electrons. The molecule has 0 saturated heterocycles. The summed E-state index contributed by atoms with van der Waals surface area (Å²) in [5, 5.41) is 0.881. The molecule has 20 heavy (non-hydrogen) atoms. The fourth-order valence-electron chi connectivity index (χ4n) is 2.63. The summed E-state index contributed by atoms with van der Waals surface area (Å²) >= 11 is 0. The van der Waals surface area contributed by atoms with Crippen molar-refractivity contribution in [2.75, 3.05) is 0 Å². The molecule has 1 aliphatic carbocycles. The van der Waals surface area contributed by atoms with Gasteiger partial charge in [0.15, 0.2) is 11.9 Å². The van der Waals surface area contributed by atoms with Crippen LogP contribution in [0.2, 0.25) is 0 Å². The Morgan fingerprint density at radius 2 is 2.05 bits per heavy atom. The Morgan fingerprint density at radius 3 is 2.85 bits per heavy atom. The van der Waals surface area contributed by atoms with Crippen molar-refractivity contribution in [3.05, 3.63) is 40.2 Å². The first-order valence-electron chi connectivity index (χ1n) is 6.87. The van der Waals surface area contributed by atoms with Gasteiger partial charge in [0.2, 0.25) is 0 Å². The fraction of sp³-hybridized carbons (Fsp3) is 0.375. The number of ether oxygens (including phenoxy) is 1. The second kappa shape index (κ2) is 5.12. The van der Waals surface area contributed by atoms with Gasteiger partial charge < -0.3 is 9.15 Å². The van der Waals surface area contributed by atoms with Gasteiger partial charge in [0.25, 0.3) is 0 Å². The second-order valence-electron chi connectivity index (χ2n) is 5.23. The molecule has 1 saturated carbocycles. The number of Topliss-reactive ketones (excluding diaryl/α,β-unsaturated/α-hetero) is 1. The normalized spacial score (nSPS) is 19.2. The zero-order chi connectivity index (χ0) is 14.1. The molecule has 3 rings (SSSR count). The summed E-state index contributed by atoms with van der Waals surface area (Å²) < 4.78 is 11.0. The Labute approximate surface area is 116 Å². The van der Waals surface area contributed by atoms with Crippen LogP contribution in [0.25, 0.3) is 11.0 Å². The minimum Gasteiger partial charge on any atom is -0.483 e. The molecule has 0 spiro atoms. The first-order chi connectivity index (χ1) is 9.63. The number of hydrogen-bond donors (Lipinski definition) is 0. The van der Waals surface area contributed by atoms with E-state index >= 15 is 0 Å². The van der Waals surface area contributed by atoms with E-state index in [1.165, 1.54) is 6.07 Å². The van der Waals surface area contributed by atoms with E-state index < -0.39 is 0 Å². The van der Waals surface area contributed by atoms with Crippen LogP contribution in [0.5, 0.6) is 5.75 Å². The minimum absolute atomic E-state index is 0.156. The summed E-state index contributed by atoms with van der Waals surface area (Å²) in [5.74, 6) is 0.744.